The number of carbonyl (C=O) groups excluding carboxylic acids is 1. The minimum atomic E-state index is -0.403. The smallest absolute Gasteiger partial charge is 0.249 e. The first kappa shape index (κ1) is 18.7. The van der Waals surface area contributed by atoms with E-state index in [1.807, 2.05) is 26.2 Å². The van der Waals surface area contributed by atoms with Crippen LogP contribution >= 0.6 is 0 Å². The standard InChI is InChI=1S/C18H30N2O2/c1-14(2)10-11-22-15(3)18(21)19-12-16-8-6-7-9-17(16)13-20(4)5/h6-9,14-15H,10-13H2,1-5H3,(H,19,21)/t15-/m1/s1. The summed E-state index contributed by atoms with van der Waals surface area (Å²) in [4.78, 5) is 14.2. The van der Waals surface area contributed by atoms with Crippen LogP contribution in [-0.4, -0.2) is 37.6 Å². The second-order valence-corrected chi connectivity index (χ2v) is 6.42. The zero-order valence-corrected chi connectivity index (χ0v) is 14.6. The number of benzene rings is 1. The normalized spacial score (nSPS) is 12.7. The predicted octanol–water partition coefficient (Wildman–Crippen LogP) is 2.82. The predicted molar refractivity (Wildman–Crippen MR) is 90.5 cm³/mol. The Morgan fingerprint density at radius 2 is 1.82 bits per heavy atom. The average molecular weight is 306 g/mol. The van der Waals surface area contributed by atoms with Gasteiger partial charge >= 0.3 is 0 Å². The topological polar surface area (TPSA) is 41.6 Å². The van der Waals surface area contributed by atoms with Crippen LogP contribution in [-0.2, 0) is 22.6 Å². The van der Waals surface area contributed by atoms with E-state index in [0.29, 0.717) is 19.1 Å². The summed E-state index contributed by atoms with van der Waals surface area (Å²) in [5.41, 5.74) is 2.39. The van der Waals surface area contributed by atoms with E-state index in [-0.39, 0.29) is 5.91 Å². The molecular formula is C18H30N2O2. The molecule has 0 aliphatic rings. The van der Waals surface area contributed by atoms with Crippen LogP contribution in [0.2, 0.25) is 0 Å². The number of nitrogens with zero attached hydrogens (tertiary/aromatic N) is 1. The first-order valence-electron chi connectivity index (χ1n) is 8.01. The molecule has 0 radical (unpaired) electrons. The van der Waals surface area contributed by atoms with Crippen LogP contribution in [0.15, 0.2) is 24.3 Å². The summed E-state index contributed by atoms with van der Waals surface area (Å²) in [6, 6.07) is 8.19. The third-order valence-corrected chi connectivity index (χ3v) is 3.49. The van der Waals surface area contributed by atoms with Gasteiger partial charge in [0.25, 0.3) is 0 Å². The average Bonchev–Trinajstić information content (AvgIpc) is 2.44. The van der Waals surface area contributed by atoms with Crippen molar-refractivity contribution in [1.82, 2.24) is 10.2 Å². The van der Waals surface area contributed by atoms with Gasteiger partial charge in [-0.25, -0.2) is 0 Å². The molecule has 0 spiro atoms. The minimum Gasteiger partial charge on any atom is -0.369 e. The quantitative estimate of drug-likeness (QED) is 0.763. The lowest BCUT2D eigenvalue weighted by atomic mass is 10.1. The van der Waals surface area contributed by atoms with Crippen molar-refractivity contribution in [3.63, 3.8) is 0 Å². The summed E-state index contributed by atoms with van der Waals surface area (Å²) in [7, 11) is 4.08. The Hall–Kier alpha value is -1.39. The van der Waals surface area contributed by atoms with Gasteiger partial charge in [0, 0.05) is 19.7 Å². The SMILES string of the molecule is CC(C)CCO[C@H](C)C(=O)NCc1ccccc1CN(C)C. The van der Waals surface area contributed by atoms with Crippen molar-refractivity contribution >= 4 is 5.91 Å². The molecular weight excluding hydrogens is 276 g/mol. The van der Waals surface area contributed by atoms with Crippen LogP contribution in [0, 0.1) is 5.92 Å². The highest BCUT2D eigenvalue weighted by Crippen LogP contribution is 2.10. The molecule has 0 bridgehead atoms. The summed E-state index contributed by atoms with van der Waals surface area (Å²) in [6.45, 7) is 8.14. The van der Waals surface area contributed by atoms with Gasteiger partial charge in [-0.05, 0) is 44.5 Å². The van der Waals surface area contributed by atoms with Crippen molar-refractivity contribution in [3.05, 3.63) is 35.4 Å². The number of rotatable bonds is 9. The van der Waals surface area contributed by atoms with Gasteiger partial charge in [0.05, 0.1) is 0 Å². The first-order chi connectivity index (χ1) is 10.4. The summed E-state index contributed by atoms with van der Waals surface area (Å²) in [5.74, 6) is 0.539. The van der Waals surface area contributed by atoms with E-state index in [4.69, 9.17) is 4.74 Å². The molecule has 0 unspecified atom stereocenters. The van der Waals surface area contributed by atoms with Crippen molar-refractivity contribution in [2.45, 2.75) is 46.4 Å². The van der Waals surface area contributed by atoms with Gasteiger partial charge in [0.15, 0.2) is 0 Å². The van der Waals surface area contributed by atoms with Gasteiger partial charge in [-0.3, -0.25) is 4.79 Å². The molecule has 0 aliphatic carbocycles. The van der Waals surface area contributed by atoms with E-state index in [1.54, 1.807) is 6.92 Å². The molecule has 1 atom stereocenters. The van der Waals surface area contributed by atoms with E-state index in [0.717, 1.165) is 18.5 Å². The Balaban J connectivity index is 2.46. The Morgan fingerprint density at radius 3 is 2.41 bits per heavy atom. The monoisotopic (exact) mass is 306 g/mol. The van der Waals surface area contributed by atoms with Gasteiger partial charge in [-0.15, -0.1) is 0 Å². The van der Waals surface area contributed by atoms with Crippen LogP contribution in [0.5, 0.6) is 0 Å². The zero-order valence-electron chi connectivity index (χ0n) is 14.6. The lowest BCUT2D eigenvalue weighted by Crippen LogP contribution is -2.34. The summed E-state index contributed by atoms with van der Waals surface area (Å²) < 4.78 is 5.58. The Bertz CT molecular complexity index is 458. The number of hydrogen-bond donors (Lipinski definition) is 1. The van der Waals surface area contributed by atoms with E-state index in [1.165, 1.54) is 5.56 Å². The van der Waals surface area contributed by atoms with Crippen molar-refractivity contribution in [2.75, 3.05) is 20.7 Å². The largest absolute Gasteiger partial charge is 0.369 e. The molecule has 4 heteroatoms. The maximum atomic E-state index is 12.1. The minimum absolute atomic E-state index is 0.0524. The molecule has 4 nitrogen and oxygen atoms in total. The molecule has 22 heavy (non-hydrogen) atoms. The highest BCUT2D eigenvalue weighted by Gasteiger charge is 2.13. The number of carbonyl (C=O) groups is 1. The van der Waals surface area contributed by atoms with Gasteiger partial charge in [0.2, 0.25) is 5.91 Å². The molecule has 0 aliphatic heterocycles. The lowest BCUT2D eigenvalue weighted by molar-refractivity contribution is -0.132. The van der Waals surface area contributed by atoms with Crippen LogP contribution in [0.4, 0.5) is 0 Å². The molecule has 0 fully saturated rings. The Kier molecular flexibility index (Phi) is 8.13. The fourth-order valence-corrected chi connectivity index (χ4v) is 2.11. The molecule has 0 saturated heterocycles. The van der Waals surface area contributed by atoms with Crippen LogP contribution in [0.3, 0.4) is 0 Å². The lowest BCUT2D eigenvalue weighted by Gasteiger charge is -2.17. The third kappa shape index (κ3) is 7.05. The number of ether oxygens (including phenoxy) is 1. The molecule has 1 N–H and O–H groups in total. The van der Waals surface area contributed by atoms with E-state index in [2.05, 4.69) is 36.2 Å². The van der Waals surface area contributed by atoms with Gasteiger partial charge in [0.1, 0.15) is 6.10 Å². The second-order valence-electron chi connectivity index (χ2n) is 6.42. The van der Waals surface area contributed by atoms with E-state index < -0.39 is 6.10 Å². The molecule has 1 rings (SSSR count). The molecule has 1 aromatic rings. The molecule has 1 amide bonds. The maximum Gasteiger partial charge on any atom is 0.249 e. The van der Waals surface area contributed by atoms with Crippen molar-refractivity contribution in [3.8, 4) is 0 Å². The van der Waals surface area contributed by atoms with E-state index in [9.17, 15) is 4.79 Å². The van der Waals surface area contributed by atoms with Crippen molar-refractivity contribution in [1.29, 1.82) is 0 Å². The Labute approximate surface area is 134 Å². The van der Waals surface area contributed by atoms with Gasteiger partial charge < -0.3 is 15.0 Å². The number of nitrogens with one attached hydrogen (secondary N) is 1. The summed E-state index contributed by atoms with van der Waals surface area (Å²) in [5, 5.41) is 2.97. The number of hydrogen-bond acceptors (Lipinski definition) is 3. The fourth-order valence-electron chi connectivity index (χ4n) is 2.11. The van der Waals surface area contributed by atoms with E-state index >= 15 is 0 Å². The zero-order chi connectivity index (χ0) is 16.5. The number of amides is 1. The fraction of sp³-hybridized carbons (Fsp3) is 0.611. The van der Waals surface area contributed by atoms with Crippen molar-refractivity contribution in [2.24, 2.45) is 5.92 Å². The Morgan fingerprint density at radius 1 is 1.18 bits per heavy atom. The molecule has 0 saturated carbocycles. The highest BCUT2D eigenvalue weighted by atomic mass is 16.5. The maximum absolute atomic E-state index is 12.1. The summed E-state index contributed by atoms with van der Waals surface area (Å²) in [6.07, 6.45) is 0.572. The molecule has 124 valence electrons. The van der Waals surface area contributed by atoms with Crippen molar-refractivity contribution < 1.29 is 9.53 Å². The molecule has 0 aromatic heterocycles. The summed E-state index contributed by atoms with van der Waals surface area (Å²) >= 11 is 0. The third-order valence-electron chi connectivity index (χ3n) is 3.49. The first-order valence-corrected chi connectivity index (χ1v) is 8.01. The van der Waals surface area contributed by atoms with Crippen LogP contribution in [0.1, 0.15) is 38.3 Å². The highest BCUT2D eigenvalue weighted by molar-refractivity contribution is 5.80. The second kappa shape index (κ2) is 9.59. The molecule has 0 heterocycles. The van der Waals surface area contributed by atoms with Crippen LogP contribution in [0.25, 0.3) is 0 Å². The van der Waals surface area contributed by atoms with Crippen LogP contribution < -0.4 is 5.32 Å². The van der Waals surface area contributed by atoms with Gasteiger partial charge in [-0.1, -0.05) is 38.1 Å². The van der Waals surface area contributed by atoms with Gasteiger partial charge in [-0.2, -0.15) is 0 Å². The molecule has 1 aromatic carbocycles.